The van der Waals surface area contributed by atoms with Crippen molar-refractivity contribution in [1.29, 1.82) is 0 Å². The fourth-order valence-corrected chi connectivity index (χ4v) is 2.62. The van der Waals surface area contributed by atoms with Crippen LogP contribution in [0.1, 0.15) is 36.0 Å². The molecule has 0 spiro atoms. The maximum atomic E-state index is 11.9. The average Bonchev–Trinajstić information content (AvgIpc) is 2.38. The Labute approximate surface area is 116 Å². The number of aliphatic hydroxyl groups excluding tert-OH is 1. The number of hydrogen-bond acceptors (Lipinski definition) is 2. The van der Waals surface area contributed by atoms with E-state index in [0.717, 1.165) is 30.2 Å². The second-order valence-corrected chi connectivity index (χ2v) is 5.74. The average molecular weight is 312 g/mol. The van der Waals surface area contributed by atoms with Crippen LogP contribution in [0.4, 0.5) is 0 Å². The van der Waals surface area contributed by atoms with Gasteiger partial charge in [-0.15, -0.1) is 0 Å². The second kappa shape index (κ2) is 6.34. The Morgan fingerprint density at radius 2 is 1.94 bits per heavy atom. The van der Waals surface area contributed by atoms with Gasteiger partial charge in [0.1, 0.15) is 0 Å². The van der Waals surface area contributed by atoms with E-state index in [4.69, 9.17) is 0 Å². The van der Waals surface area contributed by atoms with Gasteiger partial charge in [0.25, 0.3) is 5.91 Å². The third kappa shape index (κ3) is 3.56. The van der Waals surface area contributed by atoms with Crippen molar-refractivity contribution in [2.24, 2.45) is 5.92 Å². The Kier molecular flexibility index (Phi) is 4.78. The monoisotopic (exact) mass is 311 g/mol. The molecule has 2 unspecified atom stereocenters. The molecule has 0 aromatic heterocycles. The predicted molar refractivity (Wildman–Crippen MR) is 74.4 cm³/mol. The van der Waals surface area contributed by atoms with Crippen molar-refractivity contribution >= 4 is 21.8 Å². The SMILES string of the molecule is O=C(NCC1CCCCC1O)c1ccc(Br)cc1. The highest BCUT2D eigenvalue weighted by molar-refractivity contribution is 9.10. The number of hydrogen-bond donors (Lipinski definition) is 2. The molecule has 1 amide bonds. The van der Waals surface area contributed by atoms with Crippen LogP contribution in [0.15, 0.2) is 28.7 Å². The number of carbonyl (C=O) groups excluding carboxylic acids is 1. The van der Waals surface area contributed by atoms with Crippen LogP contribution < -0.4 is 5.32 Å². The third-order valence-corrected chi connectivity index (χ3v) is 4.03. The number of benzene rings is 1. The first-order valence-corrected chi connectivity index (χ1v) is 7.18. The molecule has 1 saturated carbocycles. The van der Waals surface area contributed by atoms with Gasteiger partial charge in [0.05, 0.1) is 6.10 Å². The summed E-state index contributed by atoms with van der Waals surface area (Å²) >= 11 is 3.34. The maximum absolute atomic E-state index is 11.9. The summed E-state index contributed by atoms with van der Waals surface area (Å²) in [5.74, 6) is 0.137. The van der Waals surface area contributed by atoms with E-state index in [1.54, 1.807) is 12.1 Å². The second-order valence-electron chi connectivity index (χ2n) is 4.83. The van der Waals surface area contributed by atoms with Crippen molar-refractivity contribution in [1.82, 2.24) is 5.32 Å². The molecule has 18 heavy (non-hydrogen) atoms. The minimum atomic E-state index is -0.260. The van der Waals surface area contributed by atoms with Crippen molar-refractivity contribution in [3.05, 3.63) is 34.3 Å². The van der Waals surface area contributed by atoms with Gasteiger partial charge in [-0.2, -0.15) is 0 Å². The van der Waals surface area contributed by atoms with Crippen LogP contribution in [0.25, 0.3) is 0 Å². The summed E-state index contributed by atoms with van der Waals surface area (Å²) in [7, 11) is 0. The maximum Gasteiger partial charge on any atom is 0.251 e. The van der Waals surface area contributed by atoms with Gasteiger partial charge in [-0.3, -0.25) is 4.79 Å². The molecule has 1 fully saturated rings. The first kappa shape index (κ1) is 13.6. The zero-order valence-corrected chi connectivity index (χ0v) is 11.8. The molecule has 4 heteroatoms. The smallest absolute Gasteiger partial charge is 0.251 e. The summed E-state index contributed by atoms with van der Waals surface area (Å²) in [5, 5.41) is 12.7. The highest BCUT2D eigenvalue weighted by atomic mass is 79.9. The molecule has 2 rings (SSSR count). The molecule has 1 aliphatic carbocycles. The topological polar surface area (TPSA) is 49.3 Å². The van der Waals surface area contributed by atoms with Gasteiger partial charge >= 0.3 is 0 Å². The Bertz CT molecular complexity index is 405. The third-order valence-electron chi connectivity index (χ3n) is 3.50. The largest absolute Gasteiger partial charge is 0.393 e. The fraction of sp³-hybridized carbons (Fsp3) is 0.500. The fourth-order valence-electron chi connectivity index (χ4n) is 2.35. The number of rotatable bonds is 3. The summed E-state index contributed by atoms with van der Waals surface area (Å²) in [6, 6.07) is 7.28. The number of halogens is 1. The molecule has 1 aliphatic rings. The zero-order chi connectivity index (χ0) is 13.0. The Hall–Kier alpha value is -0.870. The van der Waals surface area contributed by atoms with E-state index in [1.165, 1.54) is 0 Å². The molecule has 0 aliphatic heterocycles. The molecule has 0 saturated heterocycles. The van der Waals surface area contributed by atoms with E-state index in [2.05, 4.69) is 21.2 Å². The lowest BCUT2D eigenvalue weighted by Crippen LogP contribution is -2.36. The standard InChI is InChI=1S/C14H18BrNO2/c15-12-7-5-10(6-8-12)14(18)16-9-11-3-1-2-4-13(11)17/h5-8,11,13,17H,1-4,9H2,(H,16,18). The van der Waals surface area contributed by atoms with Gasteiger partial charge in [0.15, 0.2) is 0 Å². The first-order valence-electron chi connectivity index (χ1n) is 6.38. The summed E-state index contributed by atoms with van der Waals surface area (Å²) in [4.78, 5) is 11.9. The lowest BCUT2D eigenvalue weighted by atomic mass is 9.86. The van der Waals surface area contributed by atoms with E-state index in [9.17, 15) is 9.90 Å². The highest BCUT2D eigenvalue weighted by Gasteiger charge is 2.23. The van der Waals surface area contributed by atoms with E-state index >= 15 is 0 Å². The van der Waals surface area contributed by atoms with Crippen LogP contribution in [0.5, 0.6) is 0 Å². The minimum Gasteiger partial charge on any atom is -0.393 e. The van der Waals surface area contributed by atoms with E-state index in [1.807, 2.05) is 12.1 Å². The number of nitrogens with one attached hydrogen (secondary N) is 1. The molecule has 2 N–H and O–H groups in total. The van der Waals surface area contributed by atoms with E-state index < -0.39 is 0 Å². The normalized spacial score (nSPS) is 23.7. The van der Waals surface area contributed by atoms with Crippen LogP contribution in [-0.2, 0) is 0 Å². The van der Waals surface area contributed by atoms with E-state index in [0.29, 0.717) is 12.1 Å². The van der Waals surface area contributed by atoms with Crippen molar-refractivity contribution in [3.8, 4) is 0 Å². The molecule has 0 radical (unpaired) electrons. The summed E-state index contributed by atoms with van der Waals surface area (Å²) < 4.78 is 0.960. The lowest BCUT2D eigenvalue weighted by molar-refractivity contribution is 0.0663. The Morgan fingerprint density at radius 1 is 1.28 bits per heavy atom. The molecule has 98 valence electrons. The Balaban J connectivity index is 1.86. The van der Waals surface area contributed by atoms with Crippen LogP contribution >= 0.6 is 15.9 Å². The zero-order valence-electron chi connectivity index (χ0n) is 10.2. The molecule has 1 aromatic rings. The van der Waals surface area contributed by atoms with Crippen molar-refractivity contribution in [2.75, 3.05) is 6.54 Å². The number of carbonyl (C=O) groups is 1. The van der Waals surface area contributed by atoms with Crippen LogP contribution in [0.3, 0.4) is 0 Å². The van der Waals surface area contributed by atoms with Gasteiger partial charge in [-0.05, 0) is 37.1 Å². The molecule has 1 aromatic carbocycles. The molecule has 0 bridgehead atoms. The predicted octanol–water partition coefficient (Wildman–Crippen LogP) is 2.73. The molecule has 0 heterocycles. The molecular weight excluding hydrogens is 294 g/mol. The highest BCUT2D eigenvalue weighted by Crippen LogP contribution is 2.23. The first-order chi connectivity index (χ1) is 8.66. The number of aliphatic hydroxyl groups is 1. The van der Waals surface area contributed by atoms with Crippen molar-refractivity contribution in [3.63, 3.8) is 0 Å². The van der Waals surface area contributed by atoms with Crippen molar-refractivity contribution in [2.45, 2.75) is 31.8 Å². The van der Waals surface area contributed by atoms with Crippen LogP contribution in [0.2, 0.25) is 0 Å². The quantitative estimate of drug-likeness (QED) is 0.901. The van der Waals surface area contributed by atoms with Crippen molar-refractivity contribution < 1.29 is 9.90 Å². The number of amides is 1. The van der Waals surface area contributed by atoms with Gasteiger partial charge in [-0.1, -0.05) is 28.8 Å². The van der Waals surface area contributed by atoms with Gasteiger partial charge in [0.2, 0.25) is 0 Å². The summed E-state index contributed by atoms with van der Waals surface area (Å²) in [5.41, 5.74) is 0.656. The van der Waals surface area contributed by atoms with Gasteiger partial charge in [0, 0.05) is 22.5 Å². The molecular formula is C14H18BrNO2. The van der Waals surface area contributed by atoms with Crippen LogP contribution in [0, 0.1) is 5.92 Å². The summed E-state index contributed by atoms with van der Waals surface area (Å²) in [6.07, 6.45) is 3.85. The van der Waals surface area contributed by atoms with Crippen LogP contribution in [-0.4, -0.2) is 23.7 Å². The minimum absolute atomic E-state index is 0.0692. The lowest BCUT2D eigenvalue weighted by Gasteiger charge is -2.27. The Morgan fingerprint density at radius 3 is 2.61 bits per heavy atom. The summed E-state index contributed by atoms with van der Waals surface area (Å²) in [6.45, 7) is 0.566. The molecule has 3 nitrogen and oxygen atoms in total. The van der Waals surface area contributed by atoms with Gasteiger partial charge < -0.3 is 10.4 Å². The van der Waals surface area contributed by atoms with E-state index in [-0.39, 0.29) is 17.9 Å². The molecule has 2 atom stereocenters. The van der Waals surface area contributed by atoms with Gasteiger partial charge in [-0.25, -0.2) is 0 Å².